The Hall–Kier alpha value is -2.32. The first-order chi connectivity index (χ1) is 10.6. The maximum atomic E-state index is 13.4. The van der Waals surface area contributed by atoms with Crippen LogP contribution in [-0.4, -0.2) is 18.0 Å². The van der Waals surface area contributed by atoms with Gasteiger partial charge in [-0.2, -0.15) is 13.2 Å². The quantitative estimate of drug-likeness (QED) is 0.698. The molecule has 0 saturated carbocycles. The van der Waals surface area contributed by atoms with E-state index in [1.807, 2.05) is 6.92 Å². The van der Waals surface area contributed by atoms with Crippen LogP contribution in [0.2, 0.25) is 0 Å². The predicted octanol–water partition coefficient (Wildman–Crippen LogP) is 3.01. The predicted molar refractivity (Wildman–Crippen MR) is 76.1 cm³/mol. The van der Waals surface area contributed by atoms with E-state index in [1.165, 1.54) is 0 Å². The SMILES string of the molecule is CCCC[C@H](NC(=O)Nc1ccc(C(F)(F)F)c(F)c1)C(N)=O. The van der Waals surface area contributed by atoms with Gasteiger partial charge in [-0.1, -0.05) is 19.8 Å². The molecule has 1 atom stereocenters. The fraction of sp³-hybridized carbons (Fsp3) is 0.429. The Bertz CT molecular complexity index is 576. The van der Waals surface area contributed by atoms with Crippen molar-refractivity contribution in [2.24, 2.45) is 5.73 Å². The summed E-state index contributed by atoms with van der Waals surface area (Å²) in [6.07, 6.45) is -3.04. The molecular weight excluding hydrogens is 318 g/mol. The first kappa shape index (κ1) is 18.7. The van der Waals surface area contributed by atoms with Crippen molar-refractivity contribution in [2.45, 2.75) is 38.4 Å². The number of hydrogen-bond donors (Lipinski definition) is 3. The Morgan fingerprint density at radius 3 is 2.43 bits per heavy atom. The van der Waals surface area contributed by atoms with Crippen LogP contribution in [0.15, 0.2) is 18.2 Å². The summed E-state index contributed by atoms with van der Waals surface area (Å²) < 4.78 is 50.7. The second kappa shape index (κ2) is 7.80. The highest BCUT2D eigenvalue weighted by molar-refractivity contribution is 5.93. The van der Waals surface area contributed by atoms with Crippen molar-refractivity contribution < 1.29 is 27.2 Å². The van der Waals surface area contributed by atoms with Gasteiger partial charge in [0.15, 0.2) is 0 Å². The van der Waals surface area contributed by atoms with Gasteiger partial charge >= 0.3 is 12.2 Å². The molecule has 5 nitrogen and oxygen atoms in total. The molecule has 9 heteroatoms. The van der Waals surface area contributed by atoms with Crippen LogP contribution in [0.1, 0.15) is 31.7 Å². The lowest BCUT2D eigenvalue weighted by molar-refractivity contribution is -0.140. The summed E-state index contributed by atoms with van der Waals surface area (Å²) >= 11 is 0. The highest BCUT2D eigenvalue weighted by Gasteiger charge is 2.34. The number of urea groups is 1. The zero-order valence-corrected chi connectivity index (χ0v) is 12.3. The van der Waals surface area contributed by atoms with Crippen molar-refractivity contribution in [2.75, 3.05) is 5.32 Å². The minimum atomic E-state index is -4.82. The van der Waals surface area contributed by atoms with E-state index in [0.29, 0.717) is 25.0 Å². The average Bonchev–Trinajstić information content (AvgIpc) is 2.41. The molecule has 0 heterocycles. The van der Waals surface area contributed by atoms with Crippen LogP contribution in [0, 0.1) is 5.82 Å². The monoisotopic (exact) mass is 335 g/mol. The van der Waals surface area contributed by atoms with Gasteiger partial charge < -0.3 is 16.4 Å². The highest BCUT2D eigenvalue weighted by Crippen LogP contribution is 2.32. The summed E-state index contributed by atoms with van der Waals surface area (Å²) in [5.74, 6) is -2.24. The Kier molecular flexibility index (Phi) is 6.35. The van der Waals surface area contributed by atoms with Crippen LogP contribution in [0.3, 0.4) is 0 Å². The van der Waals surface area contributed by atoms with E-state index in [0.717, 1.165) is 12.5 Å². The summed E-state index contributed by atoms with van der Waals surface area (Å²) in [7, 11) is 0. The molecule has 4 N–H and O–H groups in total. The molecule has 1 aromatic carbocycles. The second-order valence-corrected chi connectivity index (χ2v) is 4.89. The standard InChI is InChI=1S/C14H17F4N3O2/c1-2-3-4-11(12(19)22)21-13(23)20-8-5-6-9(10(15)7-8)14(16,17)18/h5-7,11H,2-4H2,1H3,(H2,19,22)(H2,20,21,23)/t11-/m0/s1. The molecule has 0 aliphatic carbocycles. The number of nitrogens with two attached hydrogens (primary N) is 1. The summed E-state index contributed by atoms with van der Waals surface area (Å²) in [4.78, 5) is 22.9. The minimum absolute atomic E-state index is 0.174. The molecule has 0 aromatic heterocycles. The number of benzene rings is 1. The molecule has 0 fully saturated rings. The molecule has 0 unspecified atom stereocenters. The minimum Gasteiger partial charge on any atom is -0.368 e. The smallest absolute Gasteiger partial charge is 0.368 e. The maximum absolute atomic E-state index is 13.4. The van der Waals surface area contributed by atoms with Gasteiger partial charge in [0, 0.05) is 5.69 Å². The van der Waals surface area contributed by atoms with E-state index in [2.05, 4.69) is 10.6 Å². The molecule has 0 aliphatic rings. The summed E-state index contributed by atoms with van der Waals surface area (Å²) in [5.41, 5.74) is 3.54. The third-order valence-electron chi connectivity index (χ3n) is 3.03. The van der Waals surface area contributed by atoms with Crippen LogP contribution < -0.4 is 16.4 Å². The lowest BCUT2D eigenvalue weighted by atomic mass is 10.1. The molecule has 0 spiro atoms. The molecule has 0 radical (unpaired) electrons. The summed E-state index contributed by atoms with van der Waals surface area (Å²) in [6, 6.07) is 0.219. The number of unbranched alkanes of at least 4 members (excludes halogenated alkanes) is 1. The van der Waals surface area contributed by atoms with Crippen molar-refractivity contribution in [3.8, 4) is 0 Å². The van der Waals surface area contributed by atoms with Crippen molar-refractivity contribution in [3.05, 3.63) is 29.6 Å². The Morgan fingerprint density at radius 1 is 1.30 bits per heavy atom. The van der Waals surface area contributed by atoms with Crippen LogP contribution >= 0.6 is 0 Å². The van der Waals surface area contributed by atoms with Crippen LogP contribution in [0.25, 0.3) is 0 Å². The molecule has 128 valence electrons. The van der Waals surface area contributed by atoms with Gasteiger partial charge in [-0.3, -0.25) is 4.79 Å². The number of anilines is 1. The van der Waals surface area contributed by atoms with Gasteiger partial charge in [0.1, 0.15) is 11.9 Å². The van der Waals surface area contributed by atoms with E-state index in [-0.39, 0.29) is 5.69 Å². The molecule has 1 rings (SSSR count). The van der Waals surface area contributed by atoms with Gasteiger partial charge in [0.2, 0.25) is 5.91 Å². The van der Waals surface area contributed by atoms with Crippen molar-refractivity contribution >= 4 is 17.6 Å². The van der Waals surface area contributed by atoms with Gasteiger partial charge in [-0.25, -0.2) is 9.18 Å². The van der Waals surface area contributed by atoms with Crippen molar-refractivity contribution in [1.29, 1.82) is 0 Å². The molecule has 1 aromatic rings. The second-order valence-electron chi connectivity index (χ2n) is 4.89. The zero-order valence-electron chi connectivity index (χ0n) is 12.3. The number of alkyl halides is 3. The first-order valence-electron chi connectivity index (χ1n) is 6.88. The highest BCUT2D eigenvalue weighted by atomic mass is 19.4. The van der Waals surface area contributed by atoms with Crippen LogP contribution in [-0.2, 0) is 11.0 Å². The number of rotatable bonds is 6. The summed E-state index contributed by atoms with van der Waals surface area (Å²) in [5, 5.41) is 4.45. The van der Waals surface area contributed by atoms with E-state index in [1.54, 1.807) is 0 Å². The van der Waals surface area contributed by atoms with Gasteiger partial charge in [0.25, 0.3) is 0 Å². The van der Waals surface area contributed by atoms with E-state index in [9.17, 15) is 27.2 Å². The number of primary amides is 1. The van der Waals surface area contributed by atoms with Crippen LogP contribution in [0.4, 0.5) is 28.0 Å². The third-order valence-corrected chi connectivity index (χ3v) is 3.03. The van der Waals surface area contributed by atoms with Crippen LogP contribution in [0.5, 0.6) is 0 Å². The maximum Gasteiger partial charge on any atom is 0.419 e. The Labute approximate surface area is 130 Å². The van der Waals surface area contributed by atoms with Crippen molar-refractivity contribution in [1.82, 2.24) is 5.32 Å². The normalized spacial score (nSPS) is 12.6. The Morgan fingerprint density at radius 2 is 1.96 bits per heavy atom. The summed E-state index contributed by atoms with van der Waals surface area (Å²) in [6.45, 7) is 1.89. The third kappa shape index (κ3) is 5.76. The number of halogens is 4. The molecular formula is C14H17F4N3O2. The van der Waals surface area contributed by atoms with Gasteiger partial charge in [-0.05, 0) is 24.6 Å². The number of amides is 3. The van der Waals surface area contributed by atoms with E-state index < -0.39 is 35.5 Å². The number of carbonyl (C=O) groups excluding carboxylic acids is 2. The lowest BCUT2D eigenvalue weighted by Gasteiger charge is -2.16. The van der Waals surface area contributed by atoms with Gasteiger partial charge in [0.05, 0.1) is 5.56 Å². The fourth-order valence-corrected chi connectivity index (χ4v) is 1.84. The molecule has 0 bridgehead atoms. The van der Waals surface area contributed by atoms with E-state index >= 15 is 0 Å². The topological polar surface area (TPSA) is 84.2 Å². The zero-order chi connectivity index (χ0) is 17.6. The largest absolute Gasteiger partial charge is 0.419 e. The number of nitrogens with one attached hydrogen (secondary N) is 2. The molecule has 23 heavy (non-hydrogen) atoms. The molecule has 3 amide bonds. The average molecular weight is 335 g/mol. The number of hydrogen-bond acceptors (Lipinski definition) is 2. The van der Waals surface area contributed by atoms with Crippen molar-refractivity contribution in [3.63, 3.8) is 0 Å². The van der Waals surface area contributed by atoms with E-state index in [4.69, 9.17) is 5.73 Å². The first-order valence-corrected chi connectivity index (χ1v) is 6.88. The Balaban J connectivity index is 2.73. The number of carbonyl (C=O) groups is 2. The lowest BCUT2D eigenvalue weighted by Crippen LogP contribution is -2.46. The fourth-order valence-electron chi connectivity index (χ4n) is 1.84. The van der Waals surface area contributed by atoms with Gasteiger partial charge in [-0.15, -0.1) is 0 Å². The molecule has 0 saturated heterocycles. The molecule has 0 aliphatic heterocycles.